The van der Waals surface area contributed by atoms with Gasteiger partial charge < -0.3 is 5.11 Å². The van der Waals surface area contributed by atoms with Crippen molar-refractivity contribution in [2.24, 2.45) is 28.6 Å². The number of aliphatic hydroxyl groups excluding tert-OH is 1. The average molecular weight is 323 g/mol. The van der Waals surface area contributed by atoms with Crippen LogP contribution >= 0.6 is 11.6 Å². The first-order chi connectivity index (χ1) is 10.4. The second-order valence-electron chi connectivity index (χ2n) is 8.70. The van der Waals surface area contributed by atoms with Crippen LogP contribution in [0.3, 0.4) is 0 Å². The molecule has 7 atom stereocenters. The Bertz CT molecular complexity index is 542. The van der Waals surface area contributed by atoms with Gasteiger partial charge in [-0.05, 0) is 78.8 Å². The van der Waals surface area contributed by atoms with Crippen molar-refractivity contribution in [3.8, 4) is 0 Å². The van der Waals surface area contributed by atoms with Gasteiger partial charge in [0.2, 0.25) is 0 Å². The molecular formula is C19H27ClO2. The number of carbonyl (C=O) groups excluding carboxylic acids is 1. The third-order valence-corrected chi connectivity index (χ3v) is 8.30. The molecule has 0 spiro atoms. The molecule has 4 aliphatic rings. The van der Waals surface area contributed by atoms with Crippen molar-refractivity contribution in [3.05, 3.63) is 11.6 Å². The van der Waals surface area contributed by atoms with Gasteiger partial charge in [0.25, 0.3) is 0 Å². The second-order valence-corrected chi connectivity index (χ2v) is 9.23. The largest absolute Gasteiger partial charge is 0.393 e. The Morgan fingerprint density at radius 3 is 2.73 bits per heavy atom. The van der Waals surface area contributed by atoms with Crippen molar-refractivity contribution in [2.45, 2.75) is 70.3 Å². The molecule has 0 radical (unpaired) electrons. The molecule has 3 unspecified atom stereocenters. The number of hydrogen-bond donors (Lipinski definition) is 1. The molecule has 1 N–H and O–H groups in total. The highest BCUT2D eigenvalue weighted by Gasteiger charge is 2.60. The number of ketones is 1. The van der Waals surface area contributed by atoms with Gasteiger partial charge in [0.15, 0.2) is 5.78 Å². The first-order valence-corrected chi connectivity index (χ1v) is 9.37. The Hall–Kier alpha value is -0.340. The number of allylic oxidation sites excluding steroid dienone is 1. The fraction of sp³-hybridized carbons (Fsp3) is 0.842. The fourth-order valence-electron chi connectivity index (χ4n) is 6.53. The zero-order chi connectivity index (χ0) is 15.7. The van der Waals surface area contributed by atoms with E-state index in [9.17, 15) is 9.90 Å². The molecule has 0 heterocycles. The molecule has 0 aliphatic heterocycles. The van der Waals surface area contributed by atoms with Crippen LogP contribution in [0.5, 0.6) is 0 Å². The molecule has 122 valence electrons. The van der Waals surface area contributed by atoms with E-state index in [-0.39, 0.29) is 28.1 Å². The predicted molar refractivity (Wildman–Crippen MR) is 87.7 cm³/mol. The second kappa shape index (κ2) is 4.83. The Balaban J connectivity index is 1.73. The van der Waals surface area contributed by atoms with Gasteiger partial charge in [-0.15, -0.1) is 11.6 Å². The molecule has 0 bridgehead atoms. The van der Waals surface area contributed by atoms with Gasteiger partial charge >= 0.3 is 0 Å². The maximum Gasteiger partial charge on any atom is 0.155 e. The summed E-state index contributed by atoms with van der Waals surface area (Å²) in [5.41, 5.74) is 1.42. The van der Waals surface area contributed by atoms with Gasteiger partial charge in [0, 0.05) is 6.42 Å². The highest BCUT2D eigenvalue weighted by atomic mass is 35.5. The van der Waals surface area contributed by atoms with Crippen LogP contribution in [0.1, 0.15) is 58.8 Å². The van der Waals surface area contributed by atoms with E-state index in [1.165, 1.54) is 12.0 Å². The Kier molecular flexibility index (Phi) is 3.34. The van der Waals surface area contributed by atoms with Crippen LogP contribution in [0.25, 0.3) is 0 Å². The molecule has 4 aliphatic carbocycles. The van der Waals surface area contributed by atoms with E-state index in [1.54, 1.807) is 0 Å². The van der Waals surface area contributed by atoms with E-state index in [0.29, 0.717) is 24.2 Å². The maximum absolute atomic E-state index is 11.9. The third kappa shape index (κ3) is 1.86. The lowest BCUT2D eigenvalue weighted by Crippen LogP contribution is -2.53. The summed E-state index contributed by atoms with van der Waals surface area (Å²) in [6.07, 6.45) is 8.79. The molecule has 4 rings (SSSR count). The summed E-state index contributed by atoms with van der Waals surface area (Å²) in [6.45, 7) is 4.65. The number of alkyl halides is 1. The highest BCUT2D eigenvalue weighted by Crippen LogP contribution is 2.65. The number of fused-ring (bicyclic) bond motifs is 5. The van der Waals surface area contributed by atoms with Gasteiger partial charge in [0.05, 0.1) is 11.5 Å². The van der Waals surface area contributed by atoms with Crippen LogP contribution < -0.4 is 0 Å². The minimum absolute atomic E-state index is 0.00981. The van der Waals surface area contributed by atoms with Gasteiger partial charge in [-0.2, -0.15) is 0 Å². The van der Waals surface area contributed by atoms with Crippen LogP contribution in [0.4, 0.5) is 0 Å². The van der Waals surface area contributed by atoms with E-state index in [1.807, 2.05) is 6.08 Å². The van der Waals surface area contributed by atoms with Crippen molar-refractivity contribution in [3.63, 3.8) is 0 Å². The van der Waals surface area contributed by atoms with Crippen LogP contribution in [0.15, 0.2) is 11.6 Å². The average Bonchev–Trinajstić information content (AvgIpc) is 2.77. The highest BCUT2D eigenvalue weighted by molar-refractivity contribution is 6.23. The minimum atomic E-state index is -0.134. The molecule has 0 aromatic heterocycles. The molecule has 0 saturated heterocycles. The zero-order valence-corrected chi connectivity index (χ0v) is 14.4. The van der Waals surface area contributed by atoms with E-state index in [0.717, 1.165) is 32.1 Å². The summed E-state index contributed by atoms with van der Waals surface area (Å²) in [5.74, 6) is 2.13. The summed E-state index contributed by atoms with van der Waals surface area (Å²) >= 11 is 6.75. The molecule has 0 amide bonds. The molecule has 22 heavy (non-hydrogen) atoms. The fourth-order valence-corrected chi connectivity index (χ4v) is 7.05. The number of carbonyl (C=O) groups is 1. The van der Waals surface area contributed by atoms with E-state index in [2.05, 4.69) is 13.8 Å². The summed E-state index contributed by atoms with van der Waals surface area (Å²) in [7, 11) is 0. The smallest absolute Gasteiger partial charge is 0.155 e. The Morgan fingerprint density at radius 1 is 1.18 bits per heavy atom. The zero-order valence-electron chi connectivity index (χ0n) is 13.6. The quantitative estimate of drug-likeness (QED) is 0.682. The van der Waals surface area contributed by atoms with Crippen LogP contribution in [-0.2, 0) is 4.79 Å². The standard InChI is InChI=1S/C19H27ClO2/c1-18-7-5-11(21)9-15(18)16(20)10-12-13-3-4-17(22)19(13,2)8-6-14(12)18/h9,12-14,16-17,22H,3-8,10H2,1-2H3/t12?,13?,14?,16-,17-,18+,19-/m0/s1. The summed E-state index contributed by atoms with van der Waals surface area (Å²) in [6, 6.07) is 0. The lowest BCUT2D eigenvalue weighted by Gasteiger charge is -2.58. The number of rotatable bonds is 0. The van der Waals surface area contributed by atoms with E-state index >= 15 is 0 Å². The number of hydrogen-bond acceptors (Lipinski definition) is 2. The summed E-state index contributed by atoms with van der Waals surface area (Å²) in [5, 5.41) is 10.5. The SMILES string of the molecule is C[C@]12CCC(=O)C=C1[C@@H](Cl)CC1C2CC[C@@]2(C)C1CC[C@@H]2O. The van der Waals surface area contributed by atoms with Crippen molar-refractivity contribution in [1.29, 1.82) is 0 Å². The molecule has 0 aromatic rings. The van der Waals surface area contributed by atoms with Gasteiger partial charge in [-0.1, -0.05) is 13.8 Å². The topological polar surface area (TPSA) is 37.3 Å². The van der Waals surface area contributed by atoms with Crippen molar-refractivity contribution in [2.75, 3.05) is 0 Å². The number of halogens is 1. The first kappa shape index (κ1) is 15.2. The number of aliphatic hydroxyl groups is 1. The minimum Gasteiger partial charge on any atom is -0.393 e. The molecule has 3 saturated carbocycles. The molecular weight excluding hydrogens is 296 g/mol. The van der Waals surface area contributed by atoms with E-state index in [4.69, 9.17) is 11.6 Å². The lowest BCUT2D eigenvalue weighted by molar-refractivity contribution is -0.117. The van der Waals surface area contributed by atoms with Gasteiger partial charge in [-0.3, -0.25) is 4.79 Å². The van der Waals surface area contributed by atoms with Crippen molar-refractivity contribution < 1.29 is 9.90 Å². The van der Waals surface area contributed by atoms with Gasteiger partial charge in [0.1, 0.15) is 0 Å². The first-order valence-electron chi connectivity index (χ1n) is 8.93. The normalized spacial score (nSPS) is 54.3. The van der Waals surface area contributed by atoms with Gasteiger partial charge in [-0.25, -0.2) is 0 Å². The molecule has 3 heteroatoms. The van der Waals surface area contributed by atoms with E-state index < -0.39 is 0 Å². The summed E-state index contributed by atoms with van der Waals surface area (Å²) < 4.78 is 0. The summed E-state index contributed by atoms with van der Waals surface area (Å²) in [4.78, 5) is 11.9. The van der Waals surface area contributed by atoms with Crippen molar-refractivity contribution in [1.82, 2.24) is 0 Å². The van der Waals surface area contributed by atoms with Crippen LogP contribution in [0, 0.1) is 28.6 Å². The lowest BCUT2D eigenvalue weighted by atomic mass is 9.47. The van der Waals surface area contributed by atoms with Crippen molar-refractivity contribution >= 4 is 17.4 Å². The monoisotopic (exact) mass is 322 g/mol. The maximum atomic E-state index is 11.9. The Morgan fingerprint density at radius 2 is 1.95 bits per heavy atom. The predicted octanol–water partition coefficient (Wildman–Crippen LogP) is 4.10. The molecule has 3 fully saturated rings. The Labute approximate surface area is 138 Å². The molecule has 2 nitrogen and oxygen atoms in total. The van der Waals surface area contributed by atoms with Crippen LogP contribution in [0.2, 0.25) is 0 Å². The third-order valence-electron chi connectivity index (χ3n) is 7.89. The van der Waals surface area contributed by atoms with Crippen LogP contribution in [-0.4, -0.2) is 22.4 Å². The molecule has 0 aromatic carbocycles.